The van der Waals surface area contributed by atoms with Crippen molar-refractivity contribution >= 4 is 17.7 Å². The van der Waals surface area contributed by atoms with Gasteiger partial charge in [-0.25, -0.2) is 4.98 Å². The van der Waals surface area contributed by atoms with Crippen molar-refractivity contribution in [2.24, 2.45) is 5.92 Å². The quantitative estimate of drug-likeness (QED) is 0.642. The fourth-order valence-electron chi connectivity index (χ4n) is 6.95. The molecule has 1 spiro atoms. The van der Waals surface area contributed by atoms with Crippen molar-refractivity contribution < 1.29 is 24.2 Å². The number of rotatable bonds is 5. The standard InChI is InChI=1S/C29H35N3O5/c1-28(12-9-25(33)34)22-18-29(19-36-26(22)21-7-2-3-8-23(21)37-28)11-6-16-32(29)27(35)20-10-13-30-24(17-20)31-14-4-5-15-31/h2-3,7-8,10,13,17,22,26H,4-6,9,11-12,14-16,18-19H2,1H3,(H,33,34)/t22-,26+,28+,29+/m1/s1. The van der Waals surface area contributed by atoms with E-state index < -0.39 is 17.1 Å². The molecule has 37 heavy (non-hydrogen) atoms. The van der Waals surface area contributed by atoms with Crippen LogP contribution in [0.3, 0.4) is 0 Å². The van der Waals surface area contributed by atoms with Gasteiger partial charge in [0.2, 0.25) is 0 Å². The summed E-state index contributed by atoms with van der Waals surface area (Å²) in [4.78, 5) is 34.2. The highest BCUT2D eigenvalue weighted by atomic mass is 16.5. The Bertz CT molecular complexity index is 1200. The summed E-state index contributed by atoms with van der Waals surface area (Å²) in [6, 6.07) is 11.6. The van der Waals surface area contributed by atoms with E-state index in [4.69, 9.17) is 9.47 Å². The summed E-state index contributed by atoms with van der Waals surface area (Å²) >= 11 is 0. The fourth-order valence-corrected chi connectivity index (χ4v) is 6.95. The molecule has 196 valence electrons. The van der Waals surface area contributed by atoms with Crippen LogP contribution in [0.1, 0.15) is 73.9 Å². The van der Waals surface area contributed by atoms with E-state index in [2.05, 4.69) is 9.88 Å². The normalized spacial score (nSPS) is 30.6. The highest BCUT2D eigenvalue weighted by molar-refractivity contribution is 5.95. The lowest BCUT2D eigenvalue weighted by atomic mass is 9.68. The predicted molar refractivity (Wildman–Crippen MR) is 138 cm³/mol. The molecule has 0 bridgehead atoms. The number of carboxylic acid groups (broad SMARTS) is 1. The minimum absolute atomic E-state index is 0.0202. The SMILES string of the molecule is C[C@@]1(CCC(=O)O)Oc2ccccc2[C@@H]2OC[C@]3(CCCN3C(=O)c3ccnc(N4CCCC4)c3)C[C@H]21. The summed E-state index contributed by atoms with van der Waals surface area (Å²) in [5.41, 5.74) is 0.534. The summed E-state index contributed by atoms with van der Waals surface area (Å²) in [7, 11) is 0. The molecule has 1 aromatic carbocycles. The van der Waals surface area contributed by atoms with Gasteiger partial charge < -0.3 is 24.4 Å². The van der Waals surface area contributed by atoms with Crippen LogP contribution in [0.2, 0.25) is 0 Å². The van der Waals surface area contributed by atoms with Crippen LogP contribution < -0.4 is 9.64 Å². The summed E-state index contributed by atoms with van der Waals surface area (Å²) < 4.78 is 13.2. The molecular weight excluding hydrogens is 470 g/mol. The average molecular weight is 506 g/mol. The molecule has 4 aliphatic heterocycles. The molecule has 1 amide bonds. The molecule has 5 heterocycles. The molecule has 2 aromatic rings. The molecule has 8 heteroatoms. The number of aromatic nitrogens is 1. The third kappa shape index (κ3) is 4.25. The van der Waals surface area contributed by atoms with Crippen molar-refractivity contribution in [3.05, 3.63) is 53.7 Å². The van der Waals surface area contributed by atoms with E-state index in [1.807, 2.05) is 48.2 Å². The van der Waals surface area contributed by atoms with Crippen LogP contribution in [-0.2, 0) is 9.53 Å². The number of nitrogens with zero attached hydrogens (tertiary/aromatic N) is 3. The number of fused-ring (bicyclic) bond motifs is 3. The second-order valence-corrected chi connectivity index (χ2v) is 11.3. The van der Waals surface area contributed by atoms with Gasteiger partial charge in [-0.1, -0.05) is 18.2 Å². The van der Waals surface area contributed by atoms with Gasteiger partial charge in [-0.15, -0.1) is 0 Å². The second-order valence-electron chi connectivity index (χ2n) is 11.3. The molecule has 0 unspecified atom stereocenters. The van der Waals surface area contributed by atoms with Gasteiger partial charge >= 0.3 is 5.97 Å². The summed E-state index contributed by atoms with van der Waals surface area (Å²) in [5.74, 6) is 0.748. The van der Waals surface area contributed by atoms with E-state index in [1.54, 1.807) is 6.20 Å². The Hall–Kier alpha value is -3.13. The van der Waals surface area contributed by atoms with E-state index in [0.29, 0.717) is 25.1 Å². The minimum atomic E-state index is -0.837. The van der Waals surface area contributed by atoms with Gasteiger partial charge in [-0.2, -0.15) is 0 Å². The number of carbonyl (C=O) groups excluding carboxylic acids is 1. The van der Waals surface area contributed by atoms with Gasteiger partial charge in [-0.3, -0.25) is 9.59 Å². The highest BCUT2D eigenvalue weighted by Crippen LogP contribution is 2.55. The second kappa shape index (κ2) is 9.31. The zero-order valence-corrected chi connectivity index (χ0v) is 21.4. The summed E-state index contributed by atoms with van der Waals surface area (Å²) in [6.07, 6.45) is 6.77. The monoisotopic (exact) mass is 505 g/mol. The third-order valence-electron chi connectivity index (χ3n) is 8.95. The Labute approximate surface area is 217 Å². The van der Waals surface area contributed by atoms with Gasteiger partial charge in [0.15, 0.2) is 0 Å². The maximum Gasteiger partial charge on any atom is 0.303 e. The number of benzene rings is 1. The molecule has 1 N–H and O–H groups in total. The summed E-state index contributed by atoms with van der Waals surface area (Å²) in [5, 5.41) is 9.45. The number of aliphatic carboxylic acids is 1. The number of ether oxygens (including phenoxy) is 2. The third-order valence-corrected chi connectivity index (χ3v) is 8.95. The van der Waals surface area contributed by atoms with Crippen LogP contribution in [0.4, 0.5) is 5.82 Å². The van der Waals surface area contributed by atoms with E-state index in [-0.39, 0.29) is 24.3 Å². The number of hydrogen-bond donors (Lipinski definition) is 1. The molecular formula is C29H35N3O5. The lowest BCUT2D eigenvalue weighted by Crippen LogP contribution is -2.60. The van der Waals surface area contributed by atoms with Crippen molar-refractivity contribution in [1.82, 2.24) is 9.88 Å². The number of likely N-dealkylation sites (tertiary alicyclic amines) is 1. The Morgan fingerprint density at radius 2 is 1.95 bits per heavy atom. The Morgan fingerprint density at radius 1 is 1.14 bits per heavy atom. The minimum Gasteiger partial charge on any atom is -0.487 e. The smallest absolute Gasteiger partial charge is 0.303 e. The number of carboxylic acids is 1. The van der Waals surface area contributed by atoms with E-state index >= 15 is 0 Å². The van der Waals surface area contributed by atoms with Gasteiger partial charge in [0.1, 0.15) is 17.2 Å². The number of carbonyl (C=O) groups is 2. The lowest BCUT2D eigenvalue weighted by molar-refractivity contribution is -0.169. The average Bonchev–Trinajstić information content (AvgIpc) is 3.58. The van der Waals surface area contributed by atoms with Crippen molar-refractivity contribution in [2.75, 3.05) is 31.1 Å². The molecule has 6 rings (SSSR count). The van der Waals surface area contributed by atoms with Gasteiger partial charge in [0.25, 0.3) is 5.91 Å². The predicted octanol–water partition coefficient (Wildman–Crippen LogP) is 4.45. The fraction of sp³-hybridized carbons (Fsp3) is 0.552. The van der Waals surface area contributed by atoms with Crippen LogP contribution in [0, 0.1) is 5.92 Å². The van der Waals surface area contributed by atoms with Gasteiger partial charge in [0.05, 0.1) is 18.2 Å². The van der Waals surface area contributed by atoms with Gasteiger partial charge in [-0.05, 0) is 63.6 Å². The molecule has 4 atom stereocenters. The first-order chi connectivity index (χ1) is 17.9. The summed E-state index contributed by atoms with van der Waals surface area (Å²) in [6.45, 7) is 5.12. The number of amides is 1. The Morgan fingerprint density at radius 3 is 2.76 bits per heavy atom. The topological polar surface area (TPSA) is 92.2 Å². The maximum atomic E-state index is 13.9. The van der Waals surface area contributed by atoms with Crippen molar-refractivity contribution in [1.29, 1.82) is 0 Å². The first-order valence-electron chi connectivity index (χ1n) is 13.5. The van der Waals surface area contributed by atoms with E-state index in [1.165, 1.54) is 0 Å². The first-order valence-corrected chi connectivity index (χ1v) is 13.5. The molecule has 1 aromatic heterocycles. The zero-order valence-electron chi connectivity index (χ0n) is 21.4. The van der Waals surface area contributed by atoms with E-state index in [0.717, 1.165) is 62.3 Å². The molecule has 8 nitrogen and oxygen atoms in total. The van der Waals surface area contributed by atoms with Crippen LogP contribution in [0.25, 0.3) is 0 Å². The van der Waals surface area contributed by atoms with E-state index in [9.17, 15) is 14.7 Å². The van der Waals surface area contributed by atoms with Crippen LogP contribution in [0.15, 0.2) is 42.6 Å². The van der Waals surface area contributed by atoms with Crippen molar-refractivity contribution in [2.45, 2.75) is 69.1 Å². The molecule has 0 aliphatic carbocycles. The molecule has 0 saturated carbocycles. The number of hydrogen-bond acceptors (Lipinski definition) is 6. The van der Waals surface area contributed by atoms with Crippen LogP contribution in [0.5, 0.6) is 5.75 Å². The molecule has 0 radical (unpaired) electrons. The Balaban J connectivity index is 1.30. The molecule has 4 aliphatic rings. The number of pyridine rings is 1. The number of anilines is 1. The number of para-hydroxylation sites is 1. The maximum absolute atomic E-state index is 13.9. The van der Waals surface area contributed by atoms with Crippen LogP contribution >= 0.6 is 0 Å². The van der Waals surface area contributed by atoms with Gasteiger partial charge in [0, 0.05) is 49.3 Å². The van der Waals surface area contributed by atoms with Crippen molar-refractivity contribution in [3.63, 3.8) is 0 Å². The Kier molecular flexibility index (Phi) is 6.10. The van der Waals surface area contributed by atoms with Crippen molar-refractivity contribution in [3.8, 4) is 5.75 Å². The molecule has 3 fully saturated rings. The van der Waals surface area contributed by atoms with Crippen LogP contribution in [-0.4, -0.2) is 64.2 Å². The zero-order chi connectivity index (χ0) is 25.6. The molecule has 3 saturated heterocycles. The highest BCUT2D eigenvalue weighted by Gasteiger charge is 2.57. The lowest BCUT2D eigenvalue weighted by Gasteiger charge is -2.54. The first kappa shape index (κ1) is 24.2. The largest absolute Gasteiger partial charge is 0.487 e.